The van der Waals surface area contributed by atoms with Crippen LogP contribution in [0.3, 0.4) is 0 Å². The van der Waals surface area contributed by atoms with Crippen molar-refractivity contribution in [2.45, 2.75) is 32.6 Å². The average molecular weight is 333 g/mol. The number of hydrogen-bond acceptors (Lipinski definition) is 4. The van der Waals surface area contributed by atoms with Crippen molar-refractivity contribution in [3.05, 3.63) is 29.8 Å². The monoisotopic (exact) mass is 333 g/mol. The molecule has 1 aromatic rings. The van der Waals surface area contributed by atoms with Crippen LogP contribution in [0.1, 0.15) is 32.8 Å². The number of carbonyl (C=O) groups is 1. The third-order valence-electron chi connectivity index (χ3n) is 4.49. The van der Waals surface area contributed by atoms with Gasteiger partial charge in [0.25, 0.3) is 5.91 Å². The molecule has 1 aromatic carbocycles. The molecule has 24 heavy (non-hydrogen) atoms. The molecule has 0 spiro atoms. The van der Waals surface area contributed by atoms with Crippen molar-refractivity contribution in [1.29, 1.82) is 0 Å². The van der Waals surface area contributed by atoms with Gasteiger partial charge in [-0.05, 0) is 42.6 Å². The van der Waals surface area contributed by atoms with E-state index in [1.54, 1.807) is 0 Å². The number of piperazine rings is 1. The molecule has 0 aliphatic carbocycles. The lowest BCUT2D eigenvalue weighted by Gasteiger charge is -2.34. The standard InChI is InChI=1S/C19H31N3O2/c1-19(2,3)16-5-7-17(8-6-16)24-15-18(23)22-13-11-21(12-14-22)10-4-9-20/h5-8H,4,9-15,20H2,1-3H3. The van der Waals surface area contributed by atoms with Gasteiger partial charge in [-0.25, -0.2) is 0 Å². The summed E-state index contributed by atoms with van der Waals surface area (Å²) < 4.78 is 5.66. The van der Waals surface area contributed by atoms with Gasteiger partial charge >= 0.3 is 0 Å². The molecule has 0 aromatic heterocycles. The zero-order valence-corrected chi connectivity index (χ0v) is 15.3. The number of benzene rings is 1. The third kappa shape index (κ3) is 5.49. The highest BCUT2D eigenvalue weighted by atomic mass is 16.5. The number of nitrogens with zero attached hydrogens (tertiary/aromatic N) is 2. The molecule has 1 aliphatic rings. The summed E-state index contributed by atoms with van der Waals surface area (Å²) in [6, 6.07) is 8.02. The van der Waals surface area contributed by atoms with Crippen LogP contribution in [0.25, 0.3) is 0 Å². The second-order valence-corrected chi connectivity index (χ2v) is 7.43. The van der Waals surface area contributed by atoms with E-state index in [-0.39, 0.29) is 17.9 Å². The van der Waals surface area contributed by atoms with Gasteiger partial charge in [0, 0.05) is 26.2 Å². The summed E-state index contributed by atoms with van der Waals surface area (Å²) in [7, 11) is 0. The summed E-state index contributed by atoms with van der Waals surface area (Å²) in [5, 5.41) is 0. The fraction of sp³-hybridized carbons (Fsp3) is 0.632. The molecular formula is C19H31N3O2. The predicted molar refractivity (Wildman–Crippen MR) is 97.3 cm³/mol. The SMILES string of the molecule is CC(C)(C)c1ccc(OCC(=O)N2CCN(CCCN)CC2)cc1. The summed E-state index contributed by atoms with van der Waals surface area (Å²) in [6.07, 6.45) is 1.02. The first-order valence-corrected chi connectivity index (χ1v) is 8.83. The Balaban J connectivity index is 1.75. The van der Waals surface area contributed by atoms with Crippen LogP contribution in [-0.2, 0) is 10.2 Å². The van der Waals surface area contributed by atoms with E-state index in [1.807, 2.05) is 17.0 Å². The Morgan fingerprint density at radius 1 is 1.12 bits per heavy atom. The summed E-state index contributed by atoms with van der Waals surface area (Å²) in [4.78, 5) is 16.5. The van der Waals surface area contributed by atoms with Crippen LogP contribution < -0.4 is 10.5 Å². The summed E-state index contributed by atoms with van der Waals surface area (Å²) >= 11 is 0. The molecule has 1 heterocycles. The molecule has 1 saturated heterocycles. The maximum Gasteiger partial charge on any atom is 0.260 e. The minimum atomic E-state index is 0.0633. The van der Waals surface area contributed by atoms with Gasteiger partial charge in [-0.1, -0.05) is 32.9 Å². The van der Waals surface area contributed by atoms with Gasteiger partial charge in [-0.3, -0.25) is 9.69 Å². The molecule has 0 bridgehead atoms. The van der Waals surface area contributed by atoms with Gasteiger partial charge in [0.2, 0.25) is 0 Å². The molecular weight excluding hydrogens is 302 g/mol. The lowest BCUT2D eigenvalue weighted by molar-refractivity contribution is -0.135. The number of hydrogen-bond donors (Lipinski definition) is 1. The maximum absolute atomic E-state index is 12.3. The molecule has 1 aliphatic heterocycles. The van der Waals surface area contributed by atoms with Crippen LogP contribution in [0, 0.1) is 0 Å². The lowest BCUT2D eigenvalue weighted by atomic mass is 9.87. The molecule has 0 atom stereocenters. The van der Waals surface area contributed by atoms with E-state index in [0.29, 0.717) is 0 Å². The van der Waals surface area contributed by atoms with Gasteiger partial charge in [0.05, 0.1) is 0 Å². The zero-order valence-electron chi connectivity index (χ0n) is 15.3. The first-order valence-electron chi connectivity index (χ1n) is 8.83. The second-order valence-electron chi connectivity index (χ2n) is 7.43. The molecule has 5 heteroatoms. The zero-order chi connectivity index (χ0) is 17.6. The van der Waals surface area contributed by atoms with Crippen molar-refractivity contribution in [2.75, 3.05) is 45.9 Å². The number of amides is 1. The molecule has 1 fully saturated rings. The molecule has 0 saturated carbocycles. The van der Waals surface area contributed by atoms with Crippen LogP contribution in [-0.4, -0.2) is 61.6 Å². The van der Waals surface area contributed by atoms with E-state index >= 15 is 0 Å². The smallest absolute Gasteiger partial charge is 0.260 e. The Morgan fingerprint density at radius 2 is 1.75 bits per heavy atom. The highest BCUT2D eigenvalue weighted by Crippen LogP contribution is 2.24. The van der Waals surface area contributed by atoms with Crippen LogP contribution in [0.4, 0.5) is 0 Å². The summed E-state index contributed by atoms with van der Waals surface area (Å²) in [6.45, 7) is 11.8. The minimum absolute atomic E-state index is 0.0633. The van der Waals surface area contributed by atoms with Crippen LogP contribution >= 0.6 is 0 Å². The van der Waals surface area contributed by atoms with E-state index < -0.39 is 0 Å². The fourth-order valence-electron chi connectivity index (χ4n) is 2.82. The highest BCUT2D eigenvalue weighted by molar-refractivity contribution is 5.77. The summed E-state index contributed by atoms with van der Waals surface area (Å²) in [5.41, 5.74) is 6.92. The normalized spacial score (nSPS) is 16.2. The van der Waals surface area contributed by atoms with Crippen molar-refractivity contribution in [1.82, 2.24) is 9.80 Å². The number of rotatable bonds is 6. The van der Waals surface area contributed by atoms with Crippen molar-refractivity contribution in [3.63, 3.8) is 0 Å². The Hall–Kier alpha value is -1.59. The first kappa shape index (κ1) is 18.7. The van der Waals surface area contributed by atoms with E-state index in [9.17, 15) is 4.79 Å². The Bertz CT molecular complexity index is 514. The Kier molecular flexibility index (Phi) is 6.63. The maximum atomic E-state index is 12.3. The second kappa shape index (κ2) is 8.49. The van der Waals surface area contributed by atoms with Crippen molar-refractivity contribution in [2.24, 2.45) is 5.73 Å². The van der Waals surface area contributed by atoms with Gasteiger partial charge in [0.1, 0.15) is 5.75 Å². The third-order valence-corrected chi connectivity index (χ3v) is 4.49. The molecule has 134 valence electrons. The average Bonchev–Trinajstić information content (AvgIpc) is 2.58. The van der Waals surface area contributed by atoms with Crippen LogP contribution in [0.15, 0.2) is 24.3 Å². The van der Waals surface area contributed by atoms with E-state index in [0.717, 1.165) is 51.4 Å². The van der Waals surface area contributed by atoms with E-state index in [2.05, 4.69) is 37.8 Å². The molecule has 2 N–H and O–H groups in total. The van der Waals surface area contributed by atoms with Crippen LogP contribution in [0.2, 0.25) is 0 Å². The number of nitrogens with two attached hydrogens (primary N) is 1. The van der Waals surface area contributed by atoms with Crippen molar-refractivity contribution in [3.8, 4) is 5.75 Å². The number of carbonyl (C=O) groups excluding carboxylic acids is 1. The van der Waals surface area contributed by atoms with Gasteiger partial charge in [-0.15, -0.1) is 0 Å². The minimum Gasteiger partial charge on any atom is -0.484 e. The molecule has 0 unspecified atom stereocenters. The molecule has 5 nitrogen and oxygen atoms in total. The fourth-order valence-corrected chi connectivity index (χ4v) is 2.82. The molecule has 0 radical (unpaired) electrons. The van der Waals surface area contributed by atoms with Crippen molar-refractivity contribution < 1.29 is 9.53 Å². The Labute approximate surface area is 145 Å². The first-order chi connectivity index (χ1) is 11.4. The highest BCUT2D eigenvalue weighted by Gasteiger charge is 2.21. The van der Waals surface area contributed by atoms with Crippen molar-refractivity contribution >= 4 is 5.91 Å². The van der Waals surface area contributed by atoms with Gasteiger partial charge < -0.3 is 15.4 Å². The van der Waals surface area contributed by atoms with E-state index in [1.165, 1.54) is 5.56 Å². The van der Waals surface area contributed by atoms with Gasteiger partial charge in [0.15, 0.2) is 6.61 Å². The van der Waals surface area contributed by atoms with Crippen LogP contribution in [0.5, 0.6) is 5.75 Å². The molecule has 2 rings (SSSR count). The van der Waals surface area contributed by atoms with Gasteiger partial charge in [-0.2, -0.15) is 0 Å². The predicted octanol–water partition coefficient (Wildman–Crippen LogP) is 1.86. The quantitative estimate of drug-likeness (QED) is 0.863. The lowest BCUT2D eigenvalue weighted by Crippen LogP contribution is -2.50. The molecule has 1 amide bonds. The Morgan fingerprint density at radius 3 is 2.29 bits per heavy atom. The van der Waals surface area contributed by atoms with E-state index in [4.69, 9.17) is 10.5 Å². The largest absolute Gasteiger partial charge is 0.484 e. The number of ether oxygens (including phenoxy) is 1. The topological polar surface area (TPSA) is 58.8 Å². The summed E-state index contributed by atoms with van der Waals surface area (Å²) in [5.74, 6) is 0.811.